The Morgan fingerprint density at radius 1 is 1.27 bits per heavy atom. The molecule has 86 valence electrons. The van der Waals surface area contributed by atoms with Crippen LogP contribution in [0.1, 0.15) is 0 Å². The van der Waals surface area contributed by atoms with Crippen LogP contribution >= 0.6 is 15.9 Å². The number of carbonyl (C=O) groups excluding carboxylic acids is 1. The molecule has 0 saturated carbocycles. The number of piperazine rings is 1. The van der Waals surface area contributed by atoms with Crippen molar-refractivity contribution in [3.8, 4) is 0 Å². The number of carbonyl (C=O) groups is 1. The maximum absolute atomic E-state index is 11.6. The molecule has 0 radical (unpaired) electrons. The highest BCUT2D eigenvalue weighted by Gasteiger charge is 2.14. The van der Waals surface area contributed by atoms with Gasteiger partial charge in [0, 0.05) is 46.5 Å². The maximum Gasteiger partial charge on any atom is 0.261 e. The Bertz CT molecular complexity index is 257. The molecule has 1 rings (SSSR count). The SMILES string of the molecule is CN1CCN(/C=C(\Br)C(=O)N(C)C)CC1. The number of nitrogens with zero attached hydrogens (tertiary/aromatic N) is 3. The monoisotopic (exact) mass is 275 g/mol. The van der Waals surface area contributed by atoms with Gasteiger partial charge in [0.25, 0.3) is 5.91 Å². The maximum atomic E-state index is 11.6. The first-order valence-electron chi connectivity index (χ1n) is 5.02. The summed E-state index contributed by atoms with van der Waals surface area (Å²) in [5.41, 5.74) is 0. The van der Waals surface area contributed by atoms with Crippen LogP contribution in [0.15, 0.2) is 10.7 Å². The van der Waals surface area contributed by atoms with Gasteiger partial charge in [0.05, 0.1) is 4.48 Å². The van der Waals surface area contributed by atoms with Crippen molar-refractivity contribution in [2.24, 2.45) is 0 Å². The minimum Gasteiger partial charge on any atom is -0.374 e. The van der Waals surface area contributed by atoms with Gasteiger partial charge in [-0.1, -0.05) is 0 Å². The topological polar surface area (TPSA) is 26.8 Å². The average molecular weight is 276 g/mol. The average Bonchev–Trinajstić information content (AvgIpc) is 2.20. The van der Waals surface area contributed by atoms with Crippen LogP contribution < -0.4 is 0 Å². The zero-order chi connectivity index (χ0) is 11.4. The Balaban J connectivity index is 2.52. The normalized spacial score (nSPS) is 19.2. The van der Waals surface area contributed by atoms with Gasteiger partial charge in [0.1, 0.15) is 0 Å². The van der Waals surface area contributed by atoms with Gasteiger partial charge in [-0.25, -0.2) is 0 Å². The molecule has 5 heteroatoms. The van der Waals surface area contributed by atoms with E-state index in [1.165, 1.54) is 0 Å². The van der Waals surface area contributed by atoms with E-state index in [1.807, 2.05) is 6.20 Å². The van der Waals surface area contributed by atoms with E-state index in [-0.39, 0.29) is 5.91 Å². The number of likely N-dealkylation sites (N-methyl/N-ethyl adjacent to an activating group) is 2. The molecule has 4 nitrogen and oxygen atoms in total. The Morgan fingerprint density at radius 3 is 2.27 bits per heavy atom. The Kier molecular flexibility index (Phi) is 4.60. The molecule has 1 aliphatic heterocycles. The molecule has 1 saturated heterocycles. The van der Waals surface area contributed by atoms with Crippen LogP contribution in [0.5, 0.6) is 0 Å². The van der Waals surface area contributed by atoms with Crippen LogP contribution in [0.2, 0.25) is 0 Å². The zero-order valence-electron chi connectivity index (χ0n) is 9.53. The lowest BCUT2D eigenvalue weighted by molar-refractivity contribution is -0.123. The first kappa shape index (κ1) is 12.5. The molecule has 0 bridgehead atoms. The van der Waals surface area contributed by atoms with Crippen LogP contribution in [0.4, 0.5) is 0 Å². The predicted octanol–water partition coefficient (Wildman–Crippen LogP) is 0.558. The van der Waals surface area contributed by atoms with Gasteiger partial charge in [0.15, 0.2) is 0 Å². The largest absolute Gasteiger partial charge is 0.374 e. The van der Waals surface area contributed by atoms with Crippen LogP contribution in [-0.4, -0.2) is 67.9 Å². The molecule has 15 heavy (non-hydrogen) atoms. The van der Waals surface area contributed by atoms with Gasteiger partial charge in [-0.2, -0.15) is 0 Å². The van der Waals surface area contributed by atoms with Crippen LogP contribution in [-0.2, 0) is 4.79 Å². The minimum absolute atomic E-state index is 0.00827. The molecular formula is C10H18BrN3O. The fraction of sp³-hybridized carbons (Fsp3) is 0.700. The second-order valence-electron chi connectivity index (χ2n) is 4.02. The van der Waals surface area contributed by atoms with Gasteiger partial charge in [-0.15, -0.1) is 0 Å². The van der Waals surface area contributed by atoms with E-state index >= 15 is 0 Å². The summed E-state index contributed by atoms with van der Waals surface area (Å²) >= 11 is 3.31. The third kappa shape index (κ3) is 3.83. The molecule has 0 aromatic carbocycles. The summed E-state index contributed by atoms with van der Waals surface area (Å²) in [7, 11) is 5.61. The second kappa shape index (κ2) is 5.51. The summed E-state index contributed by atoms with van der Waals surface area (Å²) in [4.78, 5) is 17.6. The summed E-state index contributed by atoms with van der Waals surface area (Å²) in [6.07, 6.45) is 1.90. The van der Waals surface area contributed by atoms with E-state index in [1.54, 1.807) is 19.0 Å². The molecular weight excluding hydrogens is 258 g/mol. The van der Waals surface area contributed by atoms with E-state index in [0.717, 1.165) is 26.2 Å². The van der Waals surface area contributed by atoms with Gasteiger partial charge < -0.3 is 14.7 Å². The number of amides is 1. The summed E-state index contributed by atoms with van der Waals surface area (Å²) in [5, 5.41) is 0. The number of hydrogen-bond donors (Lipinski definition) is 0. The molecule has 0 unspecified atom stereocenters. The smallest absolute Gasteiger partial charge is 0.261 e. The fourth-order valence-electron chi connectivity index (χ4n) is 1.38. The van der Waals surface area contributed by atoms with Gasteiger partial charge in [0.2, 0.25) is 0 Å². The molecule has 1 heterocycles. The first-order valence-corrected chi connectivity index (χ1v) is 5.81. The van der Waals surface area contributed by atoms with Crippen LogP contribution in [0.3, 0.4) is 0 Å². The lowest BCUT2D eigenvalue weighted by atomic mass is 10.3. The lowest BCUT2D eigenvalue weighted by Crippen LogP contribution is -2.42. The Labute approximate surface area is 99.6 Å². The summed E-state index contributed by atoms with van der Waals surface area (Å²) in [6, 6.07) is 0. The van der Waals surface area contributed by atoms with Crippen molar-refractivity contribution in [2.75, 3.05) is 47.3 Å². The minimum atomic E-state index is 0.00827. The molecule has 1 aliphatic rings. The highest BCUT2D eigenvalue weighted by molar-refractivity contribution is 9.12. The van der Waals surface area contributed by atoms with Crippen molar-refractivity contribution >= 4 is 21.8 Å². The zero-order valence-corrected chi connectivity index (χ0v) is 11.1. The quantitative estimate of drug-likeness (QED) is 0.689. The van der Waals surface area contributed by atoms with E-state index in [9.17, 15) is 4.79 Å². The van der Waals surface area contributed by atoms with Crippen molar-refractivity contribution in [1.29, 1.82) is 0 Å². The number of hydrogen-bond acceptors (Lipinski definition) is 3. The fourth-order valence-corrected chi connectivity index (χ4v) is 2.02. The van der Waals surface area contributed by atoms with E-state index in [2.05, 4.69) is 32.8 Å². The number of rotatable bonds is 2. The highest BCUT2D eigenvalue weighted by Crippen LogP contribution is 2.11. The highest BCUT2D eigenvalue weighted by atomic mass is 79.9. The molecule has 1 fully saturated rings. The Morgan fingerprint density at radius 2 is 1.80 bits per heavy atom. The van der Waals surface area contributed by atoms with Crippen molar-refractivity contribution in [1.82, 2.24) is 14.7 Å². The molecule has 0 aliphatic carbocycles. The van der Waals surface area contributed by atoms with Crippen molar-refractivity contribution in [3.05, 3.63) is 10.7 Å². The third-order valence-corrected chi connectivity index (χ3v) is 2.99. The summed E-state index contributed by atoms with van der Waals surface area (Å²) in [5.74, 6) is 0.00827. The van der Waals surface area contributed by atoms with Gasteiger partial charge in [-0.3, -0.25) is 4.79 Å². The molecule has 0 aromatic heterocycles. The third-order valence-electron chi connectivity index (χ3n) is 2.44. The second-order valence-corrected chi connectivity index (χ2v) is 4.87. The molecule has 0 aromatic rings. The van der Waals surface area contributed by atoms with Crippen molar-refractivity contribution in [3.63, 3.8) is 0 Å². The van der Waals surface area contributed by atoms with Crippen molar-refractivity contribution in [2.45, 2.75) is 0 Å². The van der Waals surface area contributed by atoms with Crippen LogP contribution in [0, 0.1) is 0 Å². The summed E-state index contributed by atoms with van der Waals surface area (Å²) < 4.78 is 0.622. The van der Waals surface area contributed by atoms with Crippen LogP contribution in [0.25, 0.3) is 0 Å². The molecule has 1 amide bonds. The van der Waals surface area contributed by atoms with E-state index in [4.69, 9.17) is 0 Å². The predicted molar refractivity (Wildman–Crippen MR) is 64.8 cm³/mol. The first-order chi connectivity index (χ1) is 7.00. The number of halogens is 1. The summed E-state index contributed by atoms with van der Waals surface area (Å²) in [6.45, 7) is 4.05. The van der Waals surface area contributed by atoms with E-state index in [0.29, 0.717) is 4.48 Å². The molecule has 0 spiro atoms. The van der Waals surface area contributed by atoms with E-state index < -0.39 is 0 Å². The molecule has 0 atom stereocenters. The van der Waals surface area contributed by atoms with Crippen molar-refractivity contribution < 1.29 is 4.79 Å². The lowest BCUT2D eigenvalue weighted by Gasteiger charge is -2.31. The van der Waals surface area contributed by atoms with Gasteiger partial charge >= 0.3 is 0 Å². The molecule has 0 N–H and O–H groups in total. The Hall–Kier alpha value is -0.550. The van der Waals surface area contributed by atoms with Gasteiger partial charge in [-0.05, 0) is 23.0 Å². The standard InChI is InChI=1S/C10H18BrN3O/c1-12(2)10(15)9(11)8-14-6-4-13(3)5-7-14/h8H,4-7H2,1-3H3/b9-8-.